The number of aromatic nitrogens is 1. The lowest BCUT2D eigenvalue weighted by atomic mass is 10.0. The summed E-state index contributed by atoms with van der Waals surface area (Å²) in [6.45, 7) is 12.0. The van der Waals surface area contributed by atoms with Crippen LogP contribution in [0.5, 0.6) is 0 Å². The third-order valence-electron chi connectivity index (χ3n) is 3.05. The molecule has 0 saturated carbocycles. The maximum Gasteiger partial charge on any atom is 0.147 e. The largest absolute Gasteiger partial charge is 0.356 e. The van der Waals surface area contributed by atoms with Crippen LogP contribution in [0.3, 0.4) is 0 Å². The van der Waals surface area contributed by atoms with Crippen molar-refractivity contribution < 1.29 is 9.47 Å². The van der Waals surface area contributed by atoms with Crippen LogP contribution < -0.4 is 0 Å². The Balaban J connectivity index is 2.43. The number of ether oxygens (including phenoxy) is 2. The molecular weight excluding hydrogens is 266 g/mol. The van der Waals surface area contributed by atoms with E-state index in [4.69, 9.17) is 15.9 Å². The van der Waals surface area contributed by atoms with E-state index in [-0.39, 0.29) is 6.79 Å². The molecule has 0 aliphatic carbocycles. The summed E-state index contributed by atoms with van der Waals surface area (Å²) in [5.74, 6) is 2.56. The van der Waals surface area contributed by atoms with Crippen molar-refractivity contribution in [2.24, 2.45) is 0 Å². The van der Waals surface area contributed by atoms with Gasteiger partial charge < -0.3 is 9.47 Å². The Labute approximate surface area is 123 Å². The average molecular weight is 291 g/mol. The molecule has 0 aliphatic heterocycles. The zero-order valence-electron chi connectivity index (χ0n) is 13.2. The molecule has 0 aromatic carbocycles. The Bertz CT molecular complexity index is 455. The number of hydrogen-bond acceptors (Lipinski definition) is 3. The topological polar surface area (TPSA) is 31.4 Å². The summed E-state index contributed by atoms with van der Waals surface area (Å²) in [6, 6.07) is 4.92. The summed E-state index contributed by atoms with van der Waals surface area (Å²) >= 11 is 0. The highest BCUT2D eigenvalue weighted by atomic mass is 28.3. The molecule has 1 aromatic rings. The Morgan fingerprint density at radius 3 is 2.50 bits per heavy atom. The van der Waals surface area contributed by atoms with Gasteiger partial charge in [-0.25, -0.2) is 0 Å². The van der Waals surface area contributed by atoms with Gasteiger partial charge in [0, 0.05) is 26.4 Å². The second-order valence-electron chi connectivity index (χ2n) is 6.57. The van der Waals surface area contributed by atoms with Crippen molar-refractivity contribution in [3.8, 4) is 12.3 Å². The molecule has 0 radical (unpaired) electrons. The molecular formula is C16H25NO2Si. The van der Waals surface area contributed by atoms with Crippen LogP contribution in [0.1, 0.15) is 25.1 Å². The van der Waals surface area contributed by atoms with Gasteiger partial charge in [0.25, 0.3) is 0 Å². The van der Waals surface area contributed by atoms with Crippen molar-refractivity contribution in [1.82, 2.24) is 4.98 Å². The molecule has 0 bridgehead atoms. The Kier molecular flexibility index (Phi) is 5.94. The van der Waals surface area contributed by atoms with Crippen LogP contribution in [0.2, 0.25) is 25.7 Å². The Morgan fingerprint density at radius 1 is 1.30 bits per heavy atom. The van der Waals surface area contributed by atoms with Crippen molar-refractivity contribution >= 4 is 8.07 Å². The second-order valence-corrected chi connectivity index (χ2v) is 12.2. The van der Waals surface area contributed by atoms with Gasteiger partial charge in [-0.1, -0.05) is 25.6 Å². The highest BCUT2D eigenvalue weighted by Crippen LogP contribution is 2.22. The molecule has 4 heteroatoms. The maximum absolute atomic E-state index is 5.78. The van der Waals surface area contributed by atoms with E-state index in [1.54, 1.807) is 6.20 Å². The first-order valence-electron chi connectivity index (χ1n) is 6.89. The van der Waals surface area contributed by atoms with Gasteiger partial charge >= 0.3 is 0 Å². The van der Waals surface area contributed by atoms with E-state index in [0.717, 1.165) is 23.9 Å². The molecule has 0 unspecified atom stereocenters. The smallest absolute Gasteiger partial charge is 0.147 e. The third kappa shape index (κ3) is 5.87. The van der Waals surface area contributed by atoms with Crippen LogP contribution in [0.25, 0.3) is 0 Å². The van der Waals surface area contributed by atoms with Gasteiger partial charge in [0.2, 0.25) is 0 Å². The van der Waals surface area contributed by atoms with E-state index >= 15 is 0 Å². The standard InChI is InChI=1S/C16H25NO2Si/c1-7-14-8-9-15(17-12-14)16(2,3)19-13-18-10-11-20(4,5)6/h1,8-9,12H,10-11,13H2,2-6H3. The predicted molar refractivity (Wildman–Crippen MR) is 85.3 cm³/mol. The molecule has 0 atom stereocenters. The van der Waals surface area contributed by atoms with Crippen molar-refractivity contribution in [2.75, 3.05) is 13.4 Å². The molecule has 110 valence electrons. The predicted octanol–water partition coefficient (Wildman–Crippen LogP) is 3.63. The molecule has 0 spiro atoms. The summed E-state index contributed by atoms with van der Waals surface area (Å²) in [4.78, 5) is 4.34. The Hall–Kier alpha value is -1.15. The number of nitrogens with zero attached hydrogens (tertiary/aromatic N) is 1. The Morgan fingerprint density at radius 2 is 2.00 bits per heavy atom. The van der Waals surface area contributed by atoms with Crippen LogP contribution in [0.4, 0.5) is 0 Å². The molecule has 3 nitrogen and oxygen atoms in total. The zero-order valence-corrected chi connectivity index (χ0v) is 14.2. The van der Waals surface area contributed by atoms with Crippen LogP contribution in [0, 0.1) is 12.3 Å². The summed E-state index contributed by atoms with van der Waals surface area (Å²) < 4.78 is 11.3. The van der Waals surface area contributed by atoms with E-state index in [9.17, 15) is 0 Å². The van der Waals surface area contributed by atoms with Gasteiger partial charge in [-0.2, -0.15) is 0 Å². The minimum absolute atomic E-state index is 0.288. The minimum Gasteiger partial charge on any atom is -0.356 e. The van der Waals surface area contributed by atoms with Gasteiger partial charge in [-0.3, -0.25) is 4.98 Å². The summed E-state index contributed by atoms with van der Waals surface area (Å²) in [5.41, 5.74) is 1.15. The van der Waals surface area contributed by atoms with Gasteiger partial charge in [0.1, 0.15) is 12.4 Å². The fraction of sp³-hybridized carbons (Fsp3) is 0.562. The fourth-order valence-corrected chi connectivity index (χ4v) is 2.29. The van der Waals surface area contributed by atoms with Crippen LogP contribution in [-0.4, -0.2) is 26.5 Å². The van der Waals surface area contributed by atoms with E-state index in [2.05, 4.69) is 30.5 Å². The van der Waals surface area contributed by atoms with Crippen molar-refractivity contribution in [3.05, 3.63) is 29.6 Å². The van der Waals surface area contributed by atoms with E-state index in [1.807, 2.05) is 26.0 Å². The number of hydrogen-bond donors (Lipinski definition) is 0. The van der Waals surface area contributed by atoms with E-state index in [1.165, 1.54) is 0 Å². The molecule has 0 amide bonds. The lowest BCUT2D eigenvalue weighted by Crippen LogP contribution is -2.26. The minimum atomic E-state index is -1.04. The molecule has 20 heavy (non-hydrogen) atoms. The second kappa shape index (κ2) is 7.03. The van der Waals surface area contributed by atoms with Gasteiger partial charge in [-0.15, -0.1) is 6.42 Å². The van der Waals surface area contributed by atoms with Crippen LogP contribution in [-0.2, 0) is 15.1 Å². The SMILES string of the molecule is C#Cc1ccc(C(C)(C)OCOCC[Si](C)(C)C)nc1. The van der Waals surface area contributed by atoms with E-state index in [0.29, 0.717) is 0 Å². The van der Waals surface area contributed by atoms with E-state index < -0.39 is 13.7 Å². The molecule has 0 aliphatic rings. The first kappa shape index (κ1) is 16.9. The van der Waals surface area contributed by atoms with Crippen molar-refractivity contribution in [1.29, 1.82) is 0 Å². The first-order valence-corrected chi connectivity index (χ1v) is 10.6. The number of terminal acetylenes is 1. The van der Waals surface area contributed by atoms with Crippen LogP contribution in [0.15, 0.2) is 18.3 Å². The molecule has 0 N–H and O–H groups in total. The average Bonchev–Trinajstić information content (AvgIpc) is 2.37. The van der Waals surface area contributed by atoms with Crippen molar-refractivity contribution in [2.45, 2.75) is 45.1 Å². The monoisotopic (exact) mass is 291 g/mol. The summed E-state index contributed by atoms with van der Waals surface area (Å²) in [7, 11) is -1.04. The molecule has 1 aromatic heterocycles. The number of rotatable bonds is 7. The zero-order chi connectivity index (χ0) is 15.2. The quantitative estimate of drug-likeness (QED) is 0.333. The molecule has 0 saturated heterocycles. The molecule has 1 heterocycles. The summed E-state index contributed by atoms with van der Waals surface area (Å²) in [5, 5.41) is 0. The van der Waals surface area contributed by atoms with Gasteiger partial charge in [0.15, 0.2) is 0 Å². The van der Waals surface area contributed by atoms with Crippen molar-refractivity contribution in [3.63, 3.8) is 0 Å². The first-order chi connectivity index (χ1) is 9.24. The highest BCUT2D eigenvalue weighted by Gasteiger charge is 2.23. The lowest BCUT2D eigenvalue weighted by molar-refractivity contribution is -0.130. The highest BCUT2D eigenvalue weighted by molar-refractivity contribution is 6.76. The summed E-state index contributed by atoms with van der Waals surface area (Å²) in [6.07, 6.45) is 7.01. The fourth-order valence-electron chi connectivity index (χ4n) is 1.54. The normalized spacial score (nSPS) is 12.2. The molecule has 1 rings (SSSR count). The maximum atomic E-state index is 5.78. The van der Waals surface area contributed by atoms with Gasteiger partial charge in [0.05, 0.1) is 5.69 Å². The van der Waals surface area contributed by atoms with Gasteiger partial charge in [-0.05, 0) is 32.0 Å². The number of pyridine rings is 1. The molecule has 0 fully saturated rings. The lowest BCUT2D eigenvalue weighted by Gasteiger charge is -2.25. The van der Waals surface area contributed by atoms with Crippen LogP contribution >= 0.6 is 0 Å². The third-order valence-corrected chi connectivity index (χ3v) is 4.75.